The van der Waals surface area contributed by atoms with Gasteiger partial charge in [0.2, 0.25) is 0 Å². The molecule has 0 aromatic heterocycles. The summed E-state index contributed by atoms with van der Waals surface area (Å²) in [5, 5.41) is 17.7. The molecule has 0 saturated carbocycles. The van der Waals surface area contributed by atoms with Crippen molar-refractivity contribution in [1.82, 2.24) is 0 Å². The zero-order valence-electron chi connectivity index (χ0n) is 8.88. The number of nitriles is 1. The van der Waals surface area contributed by atoms with Crippen molar-refractivity contribution in [3.63, 3.8) is 0 Å². The van der Waals surface area contributed by atoms with Gasteiger partial charge in [-0.1, -0.05) is 18.2 Å². The minimum atomic E-state index is -5.70. The van der Waals surface area contributed by atoms with Crippen LogP contribution in [0.5, 0.6) is 0 Å². The molecule has 0 heterocycles. The summed E-state index contributed by atoms with van der Waals surface area (Å²) in [5.74, 6) is -4.99. The van der Waals surface area contributed by atoms with Crippen molar-refractivity contribution >= 4 is 0 Å². The fourth-order valence-corrected chi connectivity index (χ4v) is 1.31. The summed E-state index contributed by atoms with van der Waals surface area (Å²) >= 11 is 0. The molecule has 1 aromatic carbocycles. The number of benzene rings is 1. The van der Waals surface area contributed by atoms with E-state index in [4.69, 9.17) is 5.26 Å². The lowest BCUT2D eigenvalue weighted by atomic mass is 10.0. The van der Waals surface area contributed by atoms with Crippen LogP contribution >= 0.6 is 0 Å². The van der Waals surface area contributed by atoms with E-state index in [0.717, 1.165) is 6.07 Å². The molecule has 0 aliphatic rings. The minimum absolute atomic E-state index is 0.155. The summed E-state index contributed by atoms with van der Waals surface area (Å²) in [6.45, 7) is 0. The summed E-state index contributed by atoms with van der Waals surface area (Å²) < 4.78 is 62.4. The predicted molar refractivity (Wildman–Crippen MR) is 51.6 cm³/mol. The molecule has 1 rings (SSSR count). The fraction of sp³-hybridized carbons (Fsp3) is 0.364. The number of aliphatic hydroxyl groups is 1. The maximum Gasteiger partial charge on any atom is 0.458 e. The van der Waals surface area contributed by atoms with Crippen molar-refractivity contribution in [3.05, 3.63) is 35.4 Å². The lowest BCUT2D eigenvalue weighted by molar-refractivity contribution is -0.289. The number of rotatable bonds is 3. The standard InChI is InChI=1S/C11H8F5NO/c12-10(13,11(14,15)16)8-3-1-2-7(6-8)9(18)4-5-17/h1-3,6,9,18H,4H2. The van der Waals surface area contributed by atoms with E-state index in [2.05, 4.69) is 0 Å². The van der Waals surface area contributed by atoms with E-state index in [1.165, 1.54) is 6.07 Å². The van der Waals surface area contributed by atoms with Gasteiger partial charge in [0.25, 0.3) is 0 Å². The van der Waals surface area contributed by atoms with E-state index in [1.54, 1.807) is 6.07 Å². The van der Waals surface area contributed by atoms with E-state index in [-0.39, 0.29) is 12.0 Å². The summed E-state index contributed by atoms with van der Waals surface area (Å²) in [5.41, 5.74) is -1.41. The highest BCUT2D eigenvalue weighted by Gasteiger charge is 2.58. The molecule has 0 bridgehead atoms. The normalized spacial score (nSPS) is 14.1. The third-order valence-corrected chi connectivity index (χ3v) is 2.27. The Kier molecular flexibility index (Phi) is 3.92. The number of aliphatic hydroxyl groups excluding tert-OH is 1. The van der Waals surface area contributed by atoms with Gasteiger partial charge in [-0.2, -0.15) is 27.2 Å². The molecule has 0 radical (unpaired) electrons. The quantitative estimate of drug-likeness (QED) is 0.852. The molecule has 18 heavy (non-hydrogen) atoms. The van der Waals surface area contributed by atoms with Gasteiger partial charge >= 0.3 is 12.1 Å². The van der Waals surface area contributed by atoms with Crippen LogP contribution in [-0.2, 0) is 5.92 Å². The SMILES string of the molecule is N#CCC(O)c1cccc(C(F)(F)C(F)(F)F)c1. The van der Waals surface area contributed by atoms with Crippen molar-refractivity contribution in [1.29, 1.82) is 5.26 Å². The van der Waals surface area contributed by atoms with Crippen molar-refractivity contribution in [2.24, 2.45) is 0 Å². The lowest BCUT2D eigenvalue weighted by Crippen LogP contribution is -2.33. The Balaban J connectivity index is 3.14. The van der Waals surface area contributed by atoms with Crippen LogP contribution < -0.4 is 0 Å². The van der Waals surface area contributed by atoms with Gasteiger partial charge < -0.3 is 5.11 Å². The van der Waals surface area contributed by atoms with Crippen LogP contribution in [0.15, 0.2) is 24.3 Å². The van der Waals surface area contributed by atoms with E-state index in [9.17, 15) is 27.1 Å². The molecular weight excluding hydrogens is 257 g/mol. The first-order valence-electron chi connectivity index (χ1n) is 4.80. The first kappa shape index (κ1) is 14.4. The Morgan fingerprint density at radius 3 is 2.33 bits per heavy atom. The van der Waals surface area contributed by atoms with Crippen LogP contribution in [0.3, 0.4) is 0 Å². The second kappa shape index (κ2) is 4.90. The zero-order valence-corrected chi connectivity index (χ0v) is 8.88. The molecule has 1 aromatic rings. The molecule has 1 unspecified atom stereocenters. The molecule has 0 saturated heterocycles. The molecular formula is C11H8F5NO. The van der Waals surface area contributed by atoms with Crippen LogP contribution in [0.4, 0.5) is 22.0 Å². The summed E-state index contributed by atoms with van der Waals surface area (Å²) in [6.07, 6.45) is -7.48. The average molecular weight is 265 g/mol. The summed E-state index contributed by atoms with van der Waals surface area (Å²) in [4.78, 5) is 0. The Labute approximate surface area is 99.3 Å². The van der Waals surface area contributed by atoms with Gasteiger partial charge in [-0.05, 0) is 11.6 Å². The number of hydrogen-bond donors (Lipinski definition) is 1. The number of halogens is 5. The van der Waals surface area contributed by atoms with Crippen molar-refractivity contribution < 1.29 is 27.1 Å². The van der Waals surface area contributed by atoms with Crippen LogP contribution in [-0.4, -0.2) is 11.3 Å². The largest absolute Gasteiger partial charge is 0.458 e. The van der Waals surface area contributed by atoms with Crippen molar-refractivity contribution in [3.8, 4) is 6.07 Å². The third kappa shape index (κ3) is 2.76. The number of nitrogens with zero attached hydrogens (tertiary/aromatic N) is 1. The minimum Gasteiger partial charge on any atom is -0.387 e. The second-order valence-electron chi connectivity index (χ2n) is 3.58. The molecule has 0 aliphatic carbocycles. The smallest absolute Gasteiger partial charge is 0.387 e. The molecule has 0 spiro atoms. The maximum atomic E-state index is 13.0. The van der Waals surface area contributed by atoms with Gasteiger partial charge in [-0.3, -0.25) is 0 Å². The summed E-state index contributed by atoms with van der Waals surface area (Å²) in [6, 6.07) is 4.92. The third-order valence-electron chi connectivity index (χ3n) is 2.27. The molecule has 0 fully saturated rings. The van der Waals surface area contributed by atoms with E-state index < -0.39 is 23.8 Å². The first-order chi connectivity index (χ1) is 8.20. The highest BCUT2D eigenvalue weighted by molar-refractivity contribution is 5.29. The van der Waals surface area contributed by atoms with Crippen LogP contribution in [0.25, 0.3) is 0 Å². The Morgan fingerprint density at radius 1 is 1.22 bits per heavy atom. The average Bonchev–Trinajstić information content (AvgIpc) is 2.28. The van der Waals surface area contributed by atoms with E-state index in [0.29, 0.717) is 12.1 Å². The van der Waals surface area contributed by atoms with E-state index in [1.807, 2.05) is 0 Å². The maximum absolute atomic E-state index is 13.0. The van der Waals surface area contributed by atoms with Crippen LogP contribution in [0, 0.1) is 11.3 Å². The molecule has 98 valence electrons. The Hall–Kier alpha value is -1.68. The molecule has 0 amide bonds. The van der Waals surface area contributed by atoms with Gasteiger partial charge in [0, 0.05) is 5.56 Å². The molecule has 7 heteroatoms. The van der Waals surface area contributed by atoms with Crippen molar-refractivity contribution in [2.45, 2.75) is 24.6 Å². The van der Waals surface area contributed by atoms with Gasteiger partial charge in [-0.15, -0.1) is 0 Å². The Bertz CT molecular complexity index is 463. The van der Waals surface area contributed by atoms with Gasteiger partial charge in [0.1, 0.15) is 0 Å². The lowest BCUT2D eigenvalue weighted by Gasteiger charge is -2.20. The monoisotopic (exact) mass is 265 g/mol. The van der Waals surface area contributed by atoms with E-state index >= 15 is 0 Å². The predicted octanol–water partition coefficient (Wildman–Crippen LogP) is 3.29. The molecule has 2 nitrogen and oxygen atoms in total. The van der Waals surface area contributed by atoms with Gasteiger partial charge in [0.05, 0.1) is 18.6 Å². The van der Waals surface area contributed by atoms with Crippen LogP contribution in [0.2, 0.25) is 0 Å². The van der Waals surface area contributed by atoms with Crippen LogP contribution in [0.1, 0.15) is 23.7 Å². The highest BCUT2D eigenvalue weighted by atomic mass is 19.4. The number of alkyl halides is 5. The van der Waals surface area contributed by atoms with Gasteiger partial charge in [-0.25, -0.2) is 0 Å². The molecule has 1 atom stereocenters. The summed E-state index contributed by atoms with van der Waals surface area (Å²) in [7, 11) is 0. The topological polar surface area (TPSA) is 44.0 Å². The van der Waals surface area contributed by atoms with Gasteiger partial charge in [0.15, 0.2) is 0 Å². The first-order valence-corrected chi connectivity index (χ1v) is 4.80. The highest BCUT2D eigenvalue weighted by Crippen LogP contribution is 2.44. The Morgan fingerprint density at radius 2 is 1.83 bits per heavy atom. The fourth-order valence-electron chi connectivity index (χ4n) is 1.31. The number of hydrogen-bond acceptors (Lipinski definition) is 2. The van der Waals surface area contributed by atoms with Crippen molar-refractivity contribution in [2.75, 3.05) is 0 Å². The zero-order chi connectivity index (χ0) is 14.0. The molecule has 0 aliphatic heterocycles. The second-order valence-corrected chi connectivity index (χ2v) is 3.58. The molecule has 1 N–H and O–H groups in total.